The molecule has 3 aliphatic rings. The fourth-order valence-electron chi connectivity index (χ4n) is 5.57. The predicted octanol–water partition coefficient (Wildman–Crippen LogP) is 4.66. The number of para-hydroxylation sites is 1. The van der Waals surface area contributed by atoms with Crippen LogP contribution in [0, 0.1) is 5.41 Å². The molecule has 3 fully saturated rings. The van der Waals surface area contributed by atoms with Crippen molar-refractivity contribution in [3.8, 4) is 5.75 Å². The van der Waals surface area contributed by atoms with E-state index in [-0.39, 0.29) is 6.09 Å². The molecule has 160 valence electrons. The maximum atomic E-state index is 12.3. The van der Waals surface area contributed by atoms with Crippen LogP contribution in [0.4, 0.5) is 4.79 Å². The largest absolute Gasteiger partial charge is 0.496 e. The Hall–Kier alpha value is -1.75. The van der Waals surface area contributed by atoms with Gasteiger partial charge in [0.05, 0.1) is 7.11 Å². The van der Waals surface area contributed by atoms with Crippen molar-refractivity contribution in [3.63, 3.8) is 0 Å². The minimum Gasteiger partial charge on any atom is -0.496 e. The highest BCUT2D eigenvalue weighted by molar-refractivity contribution is 5.69. The number of ether oxygens (including phenoxy) is 2. The van der Waals surface area contributed by atoms with Crippen molar-refractivity contribution in [1.29, 1.82) is 0 Å². The van der Waals surface area contributed by atoms with Gasteiger partial charge in [-0.2, -0.15) is 0 Å². The molecule has 1 atom stereocenters. The van der Waals surface area contributed by atoms with Gasteiger partial charge in [-0.15, -0.1) is 0 Å². The number of carbonyl (C=O) groups excluding carboxylic acids is 1. The molecule has 2 aliphatic heterocycles. The first-order chi connectivity index (χ1) is 13.8. The first-order valence-electron chi connectivity index (χ1n) is 11.1. The second-order valence-electron chi connectivity index (χ2n) is 10.3. The zero-order valence-electron chi connectivity index (χ0n) is 18.4. The van der Waals surface area contributed by atoms with Gasteiger partial charge in [0.15, 0.2) is 0 Å². The van der Waals surface area contributed by atoms with E-state index in [0.717, 1.165) is 18.8 Å². The second-order valence-corrected chi connectivity index (χ2v) is 10.3. The first-order valence-corrected chi connectivity index (χ1v) is 11.1. The van der Waals surface area contributed by atoms with Crippen LogP contribution in [0.25, 0.3) is 0 Å². The molecule has 0 aromatic heterocycles. The van der Waals surface area contributed by atoms with Crippen molar-refractivity contribution in [2.45, 2.75) is 70.4 Å². The number of hydrogen-bond donors (Lipinski definition) is 0. The van der Waals surface area contributed by atoms with E-state index < -0.39 is 5.60 Å². The van der Waals surface area contributed by atoms with Gasteiger partial charge in [-0.25, -0.2) is 4.79 Å². The fraction of sp³-hybridized carbons (Fsp3) is 0.708. The Morgan fingerprint density at radius 1 is 1.10 bits per heavy atom. The molecular weight excluding hydrogens is 364 g/mol. The normalized spacial score (nSPS) is 25.1. The van der Waals surface area contributed by atoms with E-state index in [1.54, 1.807) is 7.11 Å². The molecule has 1 aliphatic carbocycles. The summed E-state index contributed by atoms with van der Waals surface area (Å²) in [6.45, 7) is 9.87. The van der Waals surface area contributed by atoms with E-state index in [1.165, 1.54) is 50.8 Å². The van der Waals surface area contributed by atoms with Crippen molar-refractivity contribution in [1.82, 2.24) is 9.80 Å². The molecule has 4 rings (SSSR count). The Bertz CT molecular complexity index is 728. The molecule has 1 aromatic carbocycles. The number of benzene rings is 1. The van der Waals surface area contributed by atoms with E-state index in [9.17, 15) is 4.79 Å². The molecule has 1 spiro atoms. The number of likely N-dealkylation sites (tertiary alicyclic amines) is 2. The number of methoxy groups -OCH3 is 1. The standard InChI is InChI=1S/C24H36N2O3/c1-23(2,3)29-22(27)26-16-24(17-26)12-9-19(15-24)25-13-10-18(11-14-25)20-7-5-6-8-21(20)28-4/h5-8,18-19H,9-17H2,1-4H3. The summed E-state index contributed by atoms with van der Waals surface area (Å²) in [6.07, 6.45) is 5.99. The van der Waals surface area contributed by atoms with Crippen LogP contribution in [0.2, 0.25) is 0 Å². The van der Waals surface area contributed by atoms with E-state index in [0.29, 0.717) is 17.4 Å². The van der Waals surface area contributed by atoms with Crippen molar-refractivity contribution < 1.29 is 14.3 Å². The van der Waals surface area contributed by atoms with E-state index in [4.69, 9.17) is 9.47 Å². The lowest BCUT2D eigenvalue weighted by molar-refractivity contribution is -0.0347. The zero-order chi connectivity index (χ0) is 20.6. The van der Waals surface area contributed by atoms with Gasteiger partial charge in [0, 0.05) is 24.5 Å². The fourth-order valence-corrected chi connectivity index (χ4v) is 5.57. The molecule has 0 bridgehead atoms. The average molecular weight is 401 g/mol. The van der Waals surface area contributed by atoms with Gasteiger partial charge in [0.1, 0.15) is 11.4 Å². The lowest BCUT2D eigenvalue weighted by atomic mass is 9.78. The molecular formula is C24H36N2O3. The third-order valence-corrected chi connectivity index (χ3v) is 7.01. The Kier molecular flexibility index (Phi) is 5.54. The Labute approximate surface area is 175 Å². The van der Waals surface area contributed by atoms with Gasteiger partial charge in [-0.3, -0.25) is 0 Å². The predicted molar refractivity (Wildman–Crippen MR) is 114 cm³/mol. The summed E-state index contributed by atoms with van der Waals surface area (Å²) >= 11 is 0. The monoisotopic (exact) mass is 400 g/mol. The quantitative estimate of drug-likeness (QED) is 0.740. The number of nitrogens with zero attached hydrogens (tertiary/aromatic N) is 2. The lowest BCUT2D eigenvalue weighted by Gasteiger charge is -2.48. The van der Waals surface area contributed by atoms with Crippen LogP contribution in [0.3, 0.4) is 0 Å². The Morgan fingerprint density at radius 2 is 1.79 bits per heavy atom. The maximum absolute atomic E-state index is 12.3. The summed E-state index contributed by atoms with van der Waals surface area (Å²) in [7, 11) is 1.77. The Balaban J connectivity index is 1.27. The summed E-state index contributed by atoms with van der Waals surface area (Å²) in [5.74, 6) is 1.63. The molecule has 1 saturated carbocycles. The SMILES string of the molecule is COc1ccccc1C1CCN(C2CCC3(C2)CN(C(=O)OC(C)(C)C)C3)CC1. The average Bonchev–Trinajstić information content (AvgIpc) is 3.11. The van der Waals surface area contributed by atoms with Crippen molar-refractivity contribution >= 4 is 6.09 Å². The third-order valence-electron chi connectivity index (χ3n) is 7.01. The van der Waals surface area contributed by atoms with Crippen LogP contribution in [0.5, 0.6) is 5.75 Å². The molecule has 1 aromatic rings. The maximum Gasteiger partial charge on any atom is 0.410 e. The Morgan fingerprint density at radius 3 is 2.45 bits per heavy atom. The van der Waals surface area contributed by atoms with Gasteiger partial charge in [0.25, 0.3) is 0 Å². The summed E-state index contributed by atoms with van der Waals surface area (Å²) < 4.78 is 11.1. The van der Waals surface area contributed by atoms with Gasteiger partial charge in [-0.1, -0.05) is 18.2 Å². The number of piperidine rings is 1. The smallest absolute Gasteiger partial charge is 0.410 e. The molecule has 2 heterocycles. The van der Waals surface area contributed by atoms with Gasteiger partial charge >= 0.3 is 6.09 Å². The number of hydrogen-bond acceptors (Lipinski definition) is 4. The van der Waals surface area contributed by atoms with Crippen LogP contribution < -0.4 is 4.74 Å². The van der Waals surface area contributed by atoms with E-state index in [1.807, 2.05) is 25.7 Å². The van der Waals surface area contributed by atoms with Crippen molar-refractivity contribution in [2.24, 2.45) is 5.41 Å². The molecule has 29 heavy (non-hydrogen) atoms. The molecule has 5 nitrogen and oxygen atoms in total. The molecule has 1 unspecified atom stereocenters. The molecule has 5 heteroatoms. The van der Waals surface area contributed by atoms with Crippen molar-refractivity contribution in [3.05, 3.63) is 29.8 Å². The molecule has 2 saturated heterocycles. The van der Waals surface area contributed by atoms with Crippen molar-refractivity contribution in [2.75, 3.05) is 33.3 Å². The minimum absolute atomic E-state index is 0.149. The van der Waals surface area contributed by atoms with E-state index >= 15 is 0 Å². The summed E-state index contributed by atoms with van der Waals surface area (Å²) in [5, 5.41) is 0. The van der Waals surface area contributed by atoms with Crippen LogP contribution in [-0.2, 0) is 4.74 Å². The molecule has 0 radical (unpaired) electrons. The minimum atomic E-state index is -0.413. The zero-order valence-corrected chi connectivity index (χ0v) is 18.4. The topological polar surface area (TPSA) is 42.0 Å². The molecule has 1 amide bonds. The van der Waals surface area contributed by atoms with Crippen LogP contribution in [0.1, 0.15) is 64.4 Å². The highest BCUT2D eigenvalue weighted by atomic mass is 16.6. The molecule has 0 N–H and O–H groups in total. The van der Waals surface area contributed by atoms with E-state index in [2.05, 4.69) is 29.2 Å². The second kappa shape index (κ2) is 7.82. The number of carbonyl (C=O) groups is 1. The van der Waals surface area contributed by atoms with Gasteiger partial charge < -0.3 is 19.3 Å². The first kappa shape index (κ1) is 20.5. The summed E-state index contributed by atoms with van der Waals surface area (Å²) in [5.41, 5.74) is 1.29. The van der Waals surface area contributed by atoms with Crippen LogP contribution >= 0.6 is 0 Å². The summed E-state index contributed by atoms with van der Waals surface area (Å²) in [6, 6.07) is 9.15. The lowest BCUT2D eigenvalue weighted by Crippen LogP contribution is -2.58. The van der Waals surface area contributed by atoms with Gasteiger partial charge in [0.2, 0.25) is 0 Å². The van der Waals surface area contributed by atoms with Crippen LogP contribution in [0.15, 0.2) is 24.3 Å². The number of amides is 1. The van der Waals surface area contributed by atoms with Crippen LogP contribution in [-0.4, -0.2) is 60.8 Å². The summed E-state index contributed by atoms with van der Waals surface area (Å²) in [4.78, 5) is 16.9. The third kappa shape index (κ3) is 4.40. The van der Waals surface area contributed by atoms with Gasteiger partial charge in [-0.05, 0) is 83.5 Å². The number of rotatable bonds is 3. The highest BCUT2D eigenvalue weighted by Gasteiger charge is 2.51. The highest BCUT2D eigenvalue weighted by Crippen LogP contribution is 2.48.